The van der Waals surface area contributed by atoms with Crippen molar-refractivity contribution in [3.8, 4) is 11.5 Å². The molecule has 4 aromatic rings. The number of hydrogen-bond acceptors (Lipinski definition) is 2. The van der Waals surface area contributed by atoms with Crippen LogP contribution in [0.3, 0.4) is 0 Å². The second kappa shape index (κ2) is 11.9. The summed E-state index contributed by atoms with van der Waals surface area (Å²) in [6.07, 6.45) is -6.23. The third-order valence-electron chi connectivity index (χ3n) is 6.44. The third-order valence-corrected chi connectivity index (χ3v) is 6.44. The summed E-state index contributed by atoms with van der Waals surface area (Å²) in [6, 6.07) is 0. The van der Waals surface area contributed by atoms with E-state index >= 15 is 17.6 Å². The summed E-state index contributed by atoms with van der Waals surface area (Å²) in [6.45, 7) is 0. The Balaban J connectivity index is 2.20. The van der Waals surface area contributed by atoms with Gasteiger partial charge < -0.3 is 9.84 Å². The highest BCUT2D eigenvalue weighted by atomic mass is 19.4. The van der Waals surface area contributed by atoms with Gasteiger partial charge in [-0.25, -0.2) is 61.5 Å². The van der Waals surface area contributed by atoms with Crippen LogP contribution < -0.4 is 4.74 Å². The number of alkyl halides is 3. The molecule has 4 rings (SSSR count). The first kappa shape index (κ1) is 37.0. The highest BCUT2D eigenvalue weighted by Crippen LogP contribution is 2.49. The van der Waals surface area contributed by atoms with Gasteiger partial charge in [0.05, 0.1) is 16.7 Å². The zero-order valence-electron chi connectivity index (χ0n) is 21.8. The first-order valence-electron chi connectivity index (χ1n) is 11.6. The molecule has 0 atom stereocenters. The van der Waals surface area contributed by atoms with Crippen molar-refractivity contribution in [2.45, 2.75) is 11.8 Å². The van der Waals surface area contributed by atoms with Crippen LogP contribution in [0.25, 0.3) is 0 Å². The molecule has 0 amide bonds. The number of ether oxygens (including phenoxy) is 1. The second-order valence-electron chi connectivity index (χ2n) is 9.12. The van der Waals surface area contributed by atoms with Crippen molar-refractivity contribution >= 4 is 0 Å². The number of rotatable bonds is 5. The van der Waals surface area contributed by atoms with Gasteiger partial charge in [0.1, 0.15) is 5.56 Å². The highest BCUT2D eigenvalue weighted by molar-refractivity contribution is 5.53. The molecule has 0 radical (unpaired) electrons. The van der Waals surface area contributed by atoms with Crippen LogP contribution in [0.1, 0.15) is 22.3 Å². The number of aliphatic hydroxyl groups is 1. The van der Waals surface area contributed by atoms with Gasteiger partial charge in [0.2, 0.25) is 46.4 Å². The zero-order chi connectivity index (χ0) is 37.6. The number of halogens is 21. The molecule has 0 saturated heterocycles. The second-order valence-corrected chi connectivity index (χ2v) is 9.12. The van der Waals surface area contributed by atoms with E-state index in [1.165, 1.54) is 0 Å². The average Bonchev–Trinajstić information content (AvgIpc) is 3.02. The molecule has 0 aliphatic carbocycles. The predicted molar refractivity (Wildman–Crippen MR) is 112 cm³/mol. The van der Waals surface area contributed by atoms with Gasteiger partial charge in [-0.15, -0.1) is 0 Å². The van der Waals surface area contributed by atoms with Crippen molar-refractivity contribution in [1.82, 2.24) is 0 Å². The van der Waals surface area contributed by atoms with Crippen LogP contribution in [0.2, 0.25) is 0 Å². The molecular formula is C26HF21O2. The molecule has 0 aliphatic heterocycles. The topological polar surface area (TPSA) is 29.5 Å². The molecule has 0 saturated carbocycles. The Morgan fingerprint density at radius 1 is 0.286 bits per heavy atom. The van der Waals surface area contributed by atoms with Gasteiger partial charge in [-0.05, 0) is 0 Å². The molecule has 264 valence electrons. The normalized spacial score (nSPS) is 12.3. The average molecular weight is 744 g/mol. The minimum Gasteiger partial charge on any atom is -0.444 e. The first-order chi connectivity index (χ1) is 22.4. The molecule has 2 nitrogen and oxygen atoms in total. The largest absolute Gasteiger partial charge is 0.444 e. The van der Waals surface area contributed by atoms with Crippen LogP contribution in [0, 0.1) is 105 Å². The van der Waals surface area contributed by atoms with Crippen molar-refractivity contribution in [1.29, 1.82) is 0 Å². The van der Waals surface area contributed by atoms with Crippen molar-refractivity contribution in [3.05, 3.63) is 127 Å². The molecule has 0 bridgehead atoms. The molecule has 0 fully saturated rings. The Morgan fingerprint density at radius 2 is 0.469 bits per heavy atom. The highest BCUT2D eigenvalue weighted by Gasteiger charge is 2.53. The van der Waals surface area contributed by atoms with Gasteiger partial charge in [-0.3, -0.25) is 0 Å². The zero-order valence-corrected chi connectivity index (χ0v) is 21.8. The summed E-state index contributed by atoms with van der Waals surface area (Å²) in [7, 11) is 0. The summed E-state index contributed by atoms with van der Waals surface area (Å²) in [4.78, 5) is 0. The number of benzene rings is 4. The molecular weight excluding hydrogens is 743 g/mol. The van der Waals surface area contributed by atoms with Crippen molar-refractivity contribution < 1.29 is 102 Å². The third kappa shape index (κ3) is 5.15. The van der Waals surface area contributed by atoms with Crippen molar-refractivity contribution in [3.63, 3.8) is 0 Å². The van der Waals surface area contributed by atoms with E-state index in [1.54, 1.807) is 0 Å². The van der Waals surface area contributed by atoms with E-state index in [1.807, 2.05) is 0 Å². The van der Waals surface area contributed by atoms with Gasteiger partial charge in [-0.2, -0.15) is 30.7 Å². The minimum absolute atomic E-state index is 2.97. The molecule has 0 aromatic heterocycles. The summed E-state index contributed by atoms with van der Waals surface area (Å²) in [5.74, 6) is -68.0. The van der Waals surface area contributed by atoms with E-state index in [-0.39, 0.29) is 0 Å². The number of hydrogen-bond donors (Lipinski definition) is 1. The van der Waals surface area contributed by atoms with Crippen LogP contribution in [0.5, 0.6) is 11.5 Å². The van der Waals surface area contributed by atoms with Gasteiger partial charge >= 0.3 is 6.18 Å². The summed E-state index contributed by atoms with van der Waals surface area (Å²) >= 11 is 0. The molecule has 4 aromatic carbocycles. The predicted octanol–water partition coefficient (Wildman–Crippen LogP) is 9.29. The van der Waals surface area contributed by atoms with Gasteiger partial charge in [0, 0.05) is 0 Å². The minimum atomic E-state index is -6.23. The van der Waals surface area contributed by atoms with Gasteiger partial charge in [0.15, 0.2) is 75.4 Å². The molecule has 23 heteroatoms. The van der Waals surface area contributed by atoms with Crippen LogP contribution in [0.15, 0.2) is 0 Å². The Bertz CT molecular complexity index is 1900. The fourth-order valence-corrected chi connectivity index (χ4v) is 4.29. The summed E-state index contributed by atoms with van der Waals surface area (Å²) in [5, 5.41) is 11.0. The Labute approximate surface area is 253 Å². The Morgan fingerprint density at radius 3 is 0.694 bits per heavy atom. The quantitative estimate of drug-likeness (QED) is 0.0957. The fourth-order valence-electron chi connectivity index (χ4n) is 4.29. The lowest BCUT2D eigenvalue weighted by Gasteiger charge is -2.32. The Kier molecular flexibility index (Phi) is 9.02. The van der Waals surface area contributed by atoms with Crippen LogP contribution in [-0.4, -0.2) is 5.11 Å². The van der Waals surface area contributed by atoms with E-state index in [9.17, 15) is 79.7 Å². The van der Waals surface area contributed by atoms with Gasteiger partial charge in [-0.1, -0.05) is 0 Å². The van der Waals surface area contributed by atoms with E-state index in [2.05, 4.69) is 4.74 Å². The van der Waals surface area contributed by atoms with Crippen molar-refractivity contribution in [2.75, 3.05) is 0 Å². The summed E-state index contributed by atoms with van der Waals surface area (Å²) in [5.41, 5.74) is -19.4. The van der Waals surface area contributed by atoms with Crippen LogP contribution >= 0.6 is 0 Å². The van der Waals surface area contributed by atoms with Crippen LogP contribution in [0.4, 0.5) is 92.2 Å². The monoisotopic (exact) mass is 744 g/mol. The Hall–Kier alpha value is -4.83. The molecule has 0 aliphatic rings. The molecule has 0 unspecified atom stereocenters. The lowest BCUT2D eigenvalue weighted by molar-refractivity contribution is -0.143. The van der Waals surface area contributed by atoms with E-state index in [0.717, 1.165) is 0 Å². The maximum atomic E-state index is 15.4. The SMILES string of the molecule is OC(c1c(F)c(F)c(F)c(F)c1F)(c1c(F)c(F)c(F)c(F)c1F)c1c(F)c(F)c(Oc2c(F)c(F)c(C(F)(F)F)c(F)c2F)c(F)c1F. The lowest BCUT2D eigenvalue weighted by Crippen LogP contribution is -2.38. The van der Waals surface area contributed by atoms with Crippen LogP contribution in [-0.2, 0) is 11.8 Å². The fraction of sp³-hybridized carbons (Fsp3) is 0.0769. The molecule has 0 spiro atoms. The van der Waals surface area contributed by atoms with E-state index < -0.39 is 150 Å². The first-order valence-corrected chi connectivity index (χ1v) is 11.6. The van der Waals surface area contributed by atoms with Gasteiger partial charge in [0.25, 0.3) is 0 Å². The lowest BCUT2D eigenvalue weighted by atomic mass is 9.78. The maximum absolute atomic E-state index is 15.4. The maximum Gasteiger partial charge on any atom is 0.422 e. The standard InChI is InChI=1S/C26HF21O2/c27-5-1(6(28)14(36)17(39)13(5)35)25(48,2-7(29)15(37)18(40)16(38)8(2)30)3-9(31)19(41)23(20(42)10(3)32)49-24-21(43)11(33)4(26(45,46)47)12(34)22(24)44/h48H. The smallest absolute Gasteiger partial charge is 0.422 e. The van der Waals surface area contributed by atoms with E-state index in [0.29, 0.717) is 0 Å². The summed E-state index contributed by atoms with van der Waals surface area (Å²) < 4.78 is 303. The molecule has 49 heavy (non-hydrogen) atoms. The molecule has 0 heterocycles. The van der Waals surface area contributed by atoms with Crippen molar-refractivity contribution in [2.24, 2.45) is 0 Å². The van der Waals surface area contributed by atoms with E-state index in [4.69, 9.17) is 0 Å². The molecule has 1 N–H and O–H groups in total.